The maximum atomic E-state index is 13.4. The molecule has 0 spiro atoms. The van der Waals surface area contributed by atoms with Gasteiger partial charge in [-0.25, -0.2) is 9.18 Å². The van der Waals surface area contributed by atoms with Crippen molar-refractivity contribution >= 4 is 28.7 Å². The number of H-pyrrole nitrogens is 1. The minimum Gasteiger partial charge on any atom is -0.480 e. The van der Waals surface area contributed by atoms with E-state index in [0.717, 1.165) is 0 Å². The summed E-state index contributed by atoms with van der Waals surface area (Å²) in [4.78, 5) is 42.0. The molecule has 0 aliphatic carbocycles. The number of nitrogens with one attached hydrogen (secondary N) is 2. The van der Waals surface area contributed by atoms with Crippen LogP contribution < -0.4 is 5.32 Å². The number of hydrogen-bond donors (Lipinski definition) is 3. The van der Waals surface area contributed by atoms with Crippen molar-refractivity contribution < 1.29 is 23.9 Å². The van der Waals surface area contributed by atoms with Crippen LogP contribution in [0.3, 0.4) is 0 Å². The lowest BCUT2D eigenvalue weighted by atomic mass is 9.95. The van der Waals surface area contributed by atoms with Crippen LogP contribution in [0.1, 0.15) is 28.8 Å². The number of hydrogen-bond acceptors (Lipinski definition) is 3. The van der Waals surface area contributed by atoms with Gasteiger partial charge in [-0.05, 0) is 48.7 Å². The number of likely N-dealkylation sites (tertiary alicyclic amines) is 1. The zero-order chi connectivity index (χ0) is 22.7. The average molecular weight is 437 g/mol. The second-order valence-corrected chi connectivity index (χ2v) is 8.06. The second-order valence-electron chi connectivity index (χ2n) is 8.06. The van der Waals surface area contributed by atoms with Gasteiger partial charge < -0.3 is 20.3 Å². The van der Waals surface area contributed by atoms with E-state index in [9.17, 15) is 23.9 Å². The first kappa shape index (κ1) is 21.5. The summed E-state index contributed by atoms with van der Waals surface area (Å²) in [5.41, 5.74) is 1.81. The third-order valence-corrected chi connectivity index (χ3v) is 5.87. The minimum absolute atomic E-state index is 0.0616. The first-order valence-corrected chi connectivity index (χ1v) is 10.6. The van der Waals surface area contributed by atoms with E-state index in [0.29, 0.717) is 41.4 Å². The Balaban J connectivity index is 1.43. The summed E-state index contributed by atoms with van der Waals surface area (Å²) in [6, 6.07) is 12.0. The molecule has 0 saturated carbocycles. The molecule has 166 valence electrons. The van der Waals surface area contributed by atoms with Crippen molar-refractivity contribution in [1.82, 2.24) is 15.2 Å². The number of carboxylic acid groups (broad SMARTS) is 1. The molecular formula is C24H24FN3O4. The van der Waals surface area contributed by atoms with Gasteiger partial charge in [0.1, 0.15) is 11.9 Å². The van der Waals surface area contributed by atoms with Gasteiger partial charge in [-0.15, -0.1) is 0 Å². The van der Waals surface area contributed by atoms with Gasteiger partial charge in [-0.1, -0.05) is 18.2 Å². The number of aromatic amines is 1. The Labute approximate surface area is 184 Å². The third-order valence-electron chi connectivity index (χ3n) is 5.87. The highest BCUT2D eigenvalue weighted by Gasteiger charge is 2.31. The number of piperidine rings is 1. The van der Waals surface area contributed by atoms with Crippen molar-refractivity contribution in [2.24, 2.45) is 5.92 Å². The van der Waals surface area contributed by atoms with E-state index >= 15 is 0 Å². The Kier molecular flexibility index (Phi) is 6.20. The van der Waals surface area contributed by atoms with E-state index in [2.05, 4.69) is 10.3 Å². The summed E-state index contributed by atoms with van der Waals surface area (Å²) in [5, 5.41) is 13.0. The van der Waals surface area contributed by atoms with Crippen LogP contribution in [0.2, 0.25) is 0 Å². The molecule has 1 aliphatic heterocycles. The van der Waals surface area contributed by atoms with Crippen molar-refractivity contribution in [3.63, 3.8) is 0 Å². The Hall–Kier alpha value is -3.68. The van der Waals surface area contributed by atoms with Crippen LogP contribution in [0, 0.1) is 11.7 Å². The molecule has 1 fully saturated rings. The lowest BCUT2D eigenvalue weighted by Gasteiger charge is -2.32. The molecule has 0 unspecified atom stereocenters. The fourth-order valence-corrected chi connectivity index (χ4v) is 4.18. The molecule has 2 amide bonds. The minimum atomic E-state index is -1.15. The largest absolute Gasteiger partial charge is 0.480 e. The number of nitrogens with zero attached hydrogens (tertiary/aromatic N) is 1. The molecule has 32 heavy (non-hydrogen) atoms. The molecule has 2 heterocycles. The lowest BCUT2D eigenvalue weighted by molar-refractivity contribution is -0.142. The van der Waals surface area contributed by atoms with Crippen molar-refractivity contribution in [1.29, 1.82) is 0 Å². The second kappa shape index (κ2) is 9.21. The molecule has 4 rings (SSSR count). The molecule has 2 aromatic carbocycles. The van der Waals surface area contributed by atoms with Gasteiger partial charge in [0.15, 0.2) is 0 Å². The SMILES string of the molecule is O=C(N[C@@H](Cc1c[nH]c2cc(F)ccc12)C(=O)O)[C@H]1CCCN(C(=O)c2ccccc2)C1. The molecule has 7 nitrogen and oxygen atoms in total. The molecule has 0 bridgehead atoms. The van der Waals surface area contributed by atoms with Gasteiger partial charge in [0.05, 0.1) is 5.92 Å². The Bertz CT molecular complexity index is 1140. The number of halogens is 1. The predicted octanol–water partition coefficient (Wildman–Crippen LogP) is 2.97. The smallest absolute Gasteiger partial charge is 0.326 e. The fourth-order valence-electron chi connectivity index (χ4n) is 4.18. The molecule has 1 saturated heterocycles. The van der Waals surface area contributed by atoms with Gasteiger partial charge in [-0.3, -0.25) is 9.59 Å². The molecule has 3 aromatic rings. The zero-order valence-corrected chi connectivity index (χ0v) is 17.4. The maximum absolute atomic E-state index is 13.4. The van der Waals surface area contributed by atoms with Crippen LogP contribution in [-0.4, -0.2) is 51.9 Å². The number of fused-ring (bicyclic) bond motifs is 1. The summed E-state index contributed by atoms with van der Waals surface area (Å²) >= 11 is 0. The maximum Gasteiger partial charge on any atom is 0.326 e. The number of rotatable bonds is 6. The van der Waals surface area contributed by atoms with Crippen LogP contribution >= 0.6 is 0 Å². The summed E-state index contributed by atoms with van der Waals surface area (Å²) in [5.74, 6) is -2.53. The van der Waals surface area contributed by atoms with Gasteiger partial charge in [0, 0.05) is 42.2 Å². The summed E-state index contributed by atoms with van der Waals surface area (Å²) in [6.45, 7) is 0.810. The van der Waals surface area contributed by atoms with Crippen molar-refractivity contribution in [3.05, 3.63) is 71.7 Å². The Morgan fingerprint density at radius 2 is 1.97 bits per heavy atom. The average Bonchev–Trinajstić information content (AvgIpc) is 3.20. The van der Waals surface area contributed by atoms with E-state index in [4.69, 9.17) is 0 Å². The van der Waals surface area contributed by atoms with Crippen molar-refractivity contribution in [2.75, 3.05) is 13.1 Å². The van der Waals surface area contributed by atoms with Crippen LogP contribution in [0.15, 0.2) is 54.7 Å². The first-order chi connectivity index (χ1) is 15.4. The molecule has 0 radical (unpaired) electrons. The highest BCUT2D eigenvalue weighted by atomic mass is 19.1. The van der Waals surface area contributed by atoms with Crippen LogP contribution in [-0.2, 0) is 16.0 Å². The van der Waals surface area contributed by atoms with Gasteiger partial charge in [-0.2, -0.15) is 0 Å². The summed E-state index contributed by atoms with van der Waals surface area (Å²) in [6.07, 6.45) is 2.95. The van der Waals surface area contributed by atoms with Gasteiger partial charge in [0.25, 0.3) is 5.91 Å². The lowest BCUT2D eigenvalue weighted by Crippen LogP contribution is -2.50. The zero-order valence-electron chi connectivity index (χ0n) is 17.4. The number of carbonyl (C=O) groups excluding carboxylic acids is 2. The molecule has 1 aromatic heterocycles. The number of aliphatic carboxylic acids is 1. The molecular weight excluding hydrogens is 413 g/mol. The van der Waals surface area contributed by atoms with E-state index in [1.54, 1.807) is 41.4 Å². The molecule has 2 atom stereocenters. The topological polar surface area (TPSA) is 102 Å². The normalized spacial score (nSPS) is 17.2. The quantitative estimate of drug-likeness (QED) is 0.552. The standard InChI is InChI=1S/C24H24FN3O4/c25-18-8-9-19-17(13-26-20(19)12-18)11-21(24(31)32)27-22(29)16-7-4-10-28(14-16)23(30)15-5-2-1-3-6-15/h1-3,5-6,8-9,12-13,16,21,26H,4,7,10-11,14H2,(H,27,29)(H,31,32)/t16-,21-/m0/s1. The molecule has 1 aliphatic rings. The third kappa shape index (κ3) is 4.64. The van der Waals surface area contributed by atoms with E-state index in [1.165, 1.54) is 12.1 Å². The number of carboxylic acids is 1. The Morgan fingerprint density at radius 3 is 2.72 bits per heavy atom. The number of amides is 2. The van der Waals surface area contributed by atoms with Gasteiger partial charge in [0.2, 0.25) is 5.91 Å². The van der Waals surface area contributed by atoms with Crippen LogP contribution in [0.5, 0.6) is 0 Å². The monoisotopic (exact) mass is 437 g/mol. The van der Waals surface area contributed by atoms with Gasteiger partial charge >= 0.3 is 5.97 Å². The fraction of sp³-hybridized carbons (Fsp3) is 0.292. The van der Waals surface area contributed by atoms with Crippen molar-refractivity contribution in [2.45, 2.75) is 25.3 Å². The summed E-state index contributed by atoms with van der Waals surface area (Å²) in [7, 11) is 0. The predicted molar refractivity (Wildman–Crippen MR) is 117 cm³/mol. The first-order valence-electron chi connectivity index (χ1n) is 10.6. The number of aromatic nitrogens is 1. The highest BCUT2D eigenvalue weighted by Crippen LogP contribution is 2.22. The Morgan fingerprint density at radius 1 is 1.19 bits per heavy atom. The van der Waals surface area contributed by atoms with E-state index < -0.39 is 17.9 Å². The van der Waals surface area contributed by atoms with Crippen LogP contribution in [0.25, 0.3) is 10.9 Å². The number of carbonyl (C=O) groups is 3. The molecule has 8 heteroatoms. The summed E-state index contributed by atoms with van der Waals surface area (Å²) < 4.78 is 13.4. The molecule has 3 N–H and O–H groups in total. The van der Waals surface area contributed by atoms with Crippen LogP contribution in [0.4, 0.5) is 4.39 Å². The highest BCUT2D eigenvalue weighted by molar-refractivity contribution is 5.95. The van der Waals surface area contributed by atoms with E-state index in [1.807, 2.05) is 6.07 Å². The van der Waals surface area contributed by atoms with Crippen molar-refractivity contribution in [3.8, 4) is 0 Å². The van der Waals surface area contributed by atoms with E-state index in [-0.39, 0.29) is 30.6 Å². The number of benzene rings is 2.